The second-order valence-electron chi connectivity index (χ2n) is 4.49. The molecular formula is C13H20N4O. The average Bonchev–Trinajstić information content (AvgIpc) is 3.02. The molecule has 0 aromatic carbocycles. The highest BCUT2D eigenvalue weighted by Crippen LogP contribution is 2.34. The van der Waals surface area contributed by atoms with E-state index in [1.54, 1.807) is 13.4 Å². The van der Waals surface area contributed by atoms with E-state index in [0.29, 0.717) is 6.10 Å². The van der Waals surface area contributed by atoms with Crippen molar-refractivity contribution in [2.45, 2.75) is 45.4 Å². The second-order valence-corrected chi connectivity index (χ2v) is 4.49. The van der Waals surface area contributed by atoms with Gasteiger partial charge in [0, 0.05) is 7.05 Å². The van der Waals surface area contributed by atoms with Crippen molar-refractivity contribution in [1.29, 1.82) is 0 Å². The molecule has 0 spiro atoms. The molecule has 0 bridgehead atoms. The zero-order valence-corrected chi connectivity index (χ0v) is 11.3. The van der Waals surface area contributed by atoms with Crippen molar-refractivity contribution in [3.8, 4) is 0 Å². The maximum Gasteiger partial charge on any atom is 0.163 e. The lowest BCUT2D eigenvalue weighted by Crippen LogP contribution is -2.10. The molecule has 98 valence electrons. The molecule has 1 aromatic heterocycles. The number of hydrogen-bond donors (Lipinski definition) is 0. The fourth-order valence-corrected chi connectivity index (χ4v) is 2.27. The van der Waals surface area contributed by atoms with E-state index < -0.39 is 0 Å². The summed E-state index contributed by atoms with van der Waals surface area (Å²) in [4.78, 5) is 12.6. The summed E-state index contributed by atoms with van der Waals surface area (Å²) < 4.78 is 7.93. The van der Waals surface area contributed by atoms with Crippen LogP contribution in [-0.4, -0.2) is 35.1 Å². The van der Waals surface area contributed by atoms with Gasteiger partial charge in [-0.2, -0.15) is 0 Å². The van der Waals surface area contributed by atoms with E-state index in [4.69, 9.17) is 4.74 Å². The molecule has 0 amide bonds. The SMILES string of the molecule is C=Nc1c(/C(C)=N\C)ncn1C1CCC(CC)O1. The molecule has 2 atom stereocenters. The molecule has 5 nitrogen and oxygen atoms in total. The summed E-state index contributed by atoms with van der Waals surface area (Å²) >= 11 is 0. The van der Waals surface area contributed by atoms with Crippen LogP contribution in [0.3, 0.4) is 0 Å². The quantitative estimate of drug-likeness (QED) is 0.769. The molecule has 0 aliphatic carbocycles. The van der Waals surface area contributed by atoms with E-state index in [-0.39, 0.29) is 6.23 Å². The van der Waals surface area contributed by atoms with Gasteiger partial charge in [0.15, 0.2) is 5.82 Å². The first-order valence-corrected chi connectivity index (χ1v) is 6.34. The van der Waals surface area contributed by atoms with Crippen molar-refractivity contribution < 1.29 is 4.74 Å². The first kappa shape index (κ1) is 13.0. The lowest BCUT2D eigenvalue weighted by Gasteiger charge is -2.15. The summed E-state index contributed by atoms with van der Waals surface area (Å²) in [6.45, 7) is 7.70. The Balaban J connectivity index is 2.29. The third kappa shape index (κ3) is 2.22. The van der Waals surface area contributed by atoms with Crippen molar-refractivity contribution in [2.24, 2.45) is 9.98 Å². The van der Waals surface area contributed by atoms with E-state index >= 15 is 0 Å². The van der Waals surface area contributed by atoms with Crippen molar-refractivity contribution >= 4 is 18.2 Å². The Bertz CT molecular complexity index is 464. The molecule has 0 N–H and O–H groups in total. The predicted molar refractivity (Wildman–Crippen MR) is 73.0 cm³/mol. The zero-order valence-electron chi connectivity index (χ0n) is 11.3. The Hall–Kier alpha value is -1.49. The number of rotatable bonds is 4. The van der Waals surface area contributed by atoms with Crippen LogP contribution in [0.2, 0.25) is 0 Å². The van der Waals surface area contributed by atoms with Gasteiger partial charge in [0.1, 0.15) is 11.9 Å². The molecule has 0 saturated carbocycles. The molecule has 2 rings (SSSR count). The lowest BCUT2D eigenvalue weighted by atomic mass is 10.2. The second kappa shape index (κ2) is 5.44. The Labute approximate surface area is 108 Å². The van der Waals surface area contributed by atoms with Crippen LogP contribution in [0.25, 0.3) is 0 Å². The molecular weight excluding hydrogens is 228 g/mol. The van der Waals surface area contributed by atoms with Gasteiger partial charge in [-0.15, -0.1) is 0 Å². The lowest BCUT2D eigenvalue weighted by molar-refractivity contribution is 0.00182. The van der Waals surface area contributed by atoms with Gasteiger partial charge in [-0.3, -0.25) is 9.56 Å². The topological polar surface area (TPSA) is 51.8 Å². The smallest absolute Gasteiger partial charge is 0.163 e. The van der Waals surface area contributed by atoms with Gasteiger partial charge < -0.3 is 4.74 Å². The zero-order chi connectivity index (χ0) is 13.1. The Kier molecular flexibility index (Phi) is 3.91. The molecule has 1 aliphatic heterocycles. The van der Waals surface area contributed by atoms with Crippen LogP contribution < -0.4 is 0 Å². The first-order chi connectivity index (χ1) is 8.71. The van der Waals surface area contributed by atoms with Crippen LogP contribution in [0.4, 0.5) is 5.82 Å². The minimum Gasteiger partial charge on any atom is -0.355 e. The monoisotopic (exact) mass is 248 g/mol. The van der Waals surface area contributed by atoms with E-state index in [1.165, 1.54) is 0 Å². The van der Waals surface area contributed by atoms with Gasteiger partial charge in [-0.1, -0.05) is 6.92 Å². The summed E-state index contributed by atoms with van der Waals surface area (Å²) in [5.41, 5.74) is 1.65. The predicted octanol–water partition coefficient (Wildman–Crippen LogP) is 2.74. The van der Waals surface area contributed by atoms with E-state index in [9.17, 15) is 0 Å². The molecule has 2 unspecified atom stereocenters. The molecule has 1 aromatic rings. The molecule has 18 heavy (non-hydrogen) atoms. The van der Waals surface area contributed by atoms with Gasteiger partial charge in [0.25, 0.3) is 0 Å². The fourth-order valence-electron chi connectivity index (χ4n) is 2.27. The Morgan fingerprint density at radius 3 is 2.94 bits per heavy atom. The maximum atomic E-state index is 5.96. The standard InChI is InChI=1S/C13H20N4O/c1-5-10-6-7-11(18-10)17-8-16-12(9(2)14-3)13(17)15-4/h8,10-11H,4-7H2,1-3H3/b14-9-. The van der Waals surface area contributed by atoms with Crippen LogP contribution >= 0.6 is 0 Å². The Morgan fingerprint density at radius 1 is 1.61 bits per heavy atom. The summed E-state index contributed by atoms with van der Waals surface area (Å²) in [7, 11) is 1.75. The third-order valence-electron chi connectivity index (χ3n) is 3.45. The van der Waals surface area contributed by atoms with Crippen LogP contribution in [0.15, 0.2) is 16.3 Å². The largest absolute Gasteiger partial charge is 0.355 e. The Morgan fingerprint density at radius 2 is 2.39 bits per heavy atom. The molecule has 1 fully saturated rings. The fraction of sp³-hybridized carbons (Fsp3) is 0.615. The van der Waals surface area contributed by atoms with Crippen molar-refractivity contribution in [2.75, 3.05) is 7.05 Å². The van der Waals surface area contributed by atoms with Gasteiger partial charge in [-0.05, 0) is 32.9 Å². The van der Waals surface area contributed by atoms with E-state index in [0.717, 1.165) is 36.5 Å². The molecule has 5 heteroatoms. The van der Waals surface area contributed by atoms with Gasteiger partial charge >= 0.3 is 0 Å². The summed E-state index contributed by atoms with van der Waals surface area (Å²) in [6.07, 6.45) is 5.28. The number of imidazole rings is 1. The highest BCUT2D eigenvalue weighted by atomic mass is 16.5. The van der Waals surface area contributed by atoms with Gasteiger partial charge in [0.2, 0.25) is 0 Å². The van der Waals surface area contributed by atoms with Crippen LogP contribution in [0, 0.1) is 0 Å². The normalized spacial score (nSPS) is 24.5. The molecule has 2 heterocycles. The van der Waals surface area contributed by atoms with Crippen molar-refractivity contribution in [1.82, 2.24) is 9.55 Å². The van der Waals surface area contributed by atoms with Crippen molar-refractivity contribution in [3.63, 3.8) is 0 Å². The van der Waals surface area contributed by atoms with Gasteiger partial charge in [0.05, 0.1) is 18.1 Å². The van der Waals surface area contributed by atoms with Gasteiger partial charge in [-0.25, -0.2) is 9.98 Å². The summed E-state index contributed by atoms with van der Waals surface area (Å²) in [5, 5.41) is 0. The number of nitrogens with zero attached hydrogens (tertiary/aromatic N) is 4. The van der Waals surface area contributed by atoms with E-state index in [1.807, 2.05) is 11.5 Å². The number of ether oxygens (including phenoxy) is 1. The molecule has 1 aliphatic rings. The molecule has 1 saturated heterocycles. The minimum absolute atomic E-state index is 0.0290. The summed E-state index contributed by atoms with van der Waals surface area (Å²) in [5.74, 6) is 0.750. The number of hydrogen-bond acceptors (Lipinski definition) is 4. The van der Waals surface area contributed by atoms with Crippen LogP contribution in [-0.2, 0) is 4.74 Å². The number of aliphatic imine (C=N–C) groups is 2. The maximum absolute atomic E-state index is 5.96. The average molecular weight is 248 g/mol. The number of aromatic nitrogens is 2. The first-order valence-electron chi connectivity index (χ1n) is 6.34. The van der Waals surface area contributed by atoms with Crippen LogP contribution in [0.5, 0.6) is 0 Å². The summed E-state index contributed by atoms with van der Waals surface area (Å²) in [6, 6.07) is 0. The highest BCUT2D eigenvalue weighted by molar-refractivity contribution is 6.00. The minimum atomic E-state index is 0.0290. The highest BCUT2D eigenvalue weighted by Gasteiger charge is 2.27. The molecule has 0 radical (unpaired) electrons. The van der Waals surface area contributed by atoms with Crippen LogP contribution in [0.1, 0.15) is 45.0 Å². The van der Waals surface area contributed by atoms with Crippen molar-refractivity contribution in [3.05, 3.63) is 12.0 Å². The third-order valence-corrected chi connectivity index (χ3v) is 3.45. The van der Waals surface area contributed by atoms with E-state index in [2.05, 4.69) is 28.6 Å².